The summed E-state index contributed by atoms with van der Waals surface area (Å²) in [5.74, 6) is 1.55. The smallest absolute Gasteiger partial charge is 0.433 e. The van der Waals surface area contributed by atoms with Crippen molar-refractivity contribution in [2.24, 2.45) is 0 Å². The number of nitro groups is 1. The normalized spacial score (nSPS) is 10.6. The van der Waals surface area contributed by atoms with Gasteiger partial charge in [0, 0.05) is 24.1 Å². The van der Waals surface area contributed by atoms with Crippen LogP contribution in [0.5, 0.6) is 11.6 Å². The van der Waals surface area contributed by atoms with Crippen LogP contribution in [0.15, 0.2) is 59.3 Å². The number of benzene rings is 1. The number of amides is 1. The molecule has 11 heteroatoms. The van der Waals surface area contributed by atoms with Crippen molar-refractivity contribution in [3.63, 3.8) is 0 Å². The molecule has 0 saturated carbocycles. The molecule has 0 aliphatic carbocycles. The number of carbonyl (C=O) groups is 1. The monoisotopic (exact) mass is 420 g/mol. The largest absolute Gasteiger partial charge is 0.439 e. The van der Waals surface area contributed by atoms with Crippen LogP contribution in [0.25, 0.3) is 5.82 Å². The van der Waals surface area contributed by atoms with Crippen LogP contribution in [0.3, 0.4) is 0 Å². The van der Waals surface area contributed by atoms with Crippen LogP contribution in [0.2, 0.25) is 0 Å². The highest BCUT2D eigenvalue weighted by atomic mass is 16.6. The molecule has 0 saturated heterocycles. The average molecular weight is 420 g/mol. The van der Waals surface area contributed by atoms with Gasteiger partial charge in [0.1, 0.15) is 28.1 Å². The van der Waals surface area contributed by atoms with Gasteiger partial charge in [-0.3, -0.25) is 19.5 Å². The number of ether oxygens (including phenoxy) is 1. The summed E-state index contributed by atoms with van der Waals surface area (Å²) in [4.78, 5) is 35.0. The summed E-state index contributed by atoms with van der Waals surface area (Å²) < 4.78 is 12.5. The van der Waals surface area contributed by atoms with Crippen LogP contribution in [0, 0.1) is 24.0 Å². The minimum absolute atomic E-state index is 0.161. The van der Waals surface area contributed by atoms with Crippen molar-refractivity contribution >= 4 is 17.5 Å². The Hall–Kier alpha value is -4.54. The fourth-order valence-corrected chi connectivity index (χ4v) is 2.79. The third-order valence-electron chi connectivity index (χ3n) is 4.20. The summed E-state index contributed by atoms with van der Waals surface area (Å²) in [7, 11) is 0. The topological polar surface area (TPSA) is 138 Å². The molecule has 3 aromatic heterocycles. The zero-order valence-corrected chi connectivity index (χ0v) is 16.5. The second-order valence-corrected chi connectivity index (χ2v) is 6.43. The Labute approximate surface area is 175 Å². The molecule has 1 aromatic carbocycles. The van der Waals surface area contributed by atoms with Gasteiger partial charge in [-0.2, -0.15) is 4.98 Å². The molecule has 4 rings (SSSR count). The SMILES string of the molecule is Cc1nc(Oc2ccc(NC(=O)c3ccc([N+](=O)[O-])o3)cc2)cc(-n2ccnc2C)n1. The third kappa shape index (κ3) is 4.40. The van der Waals surface area contributed by atoms with Crippen molar-refractivity contribution < 1.29 is 18.9 Å². The van der Waals surface area contributed by atoms with Crippen molar-refractivity contribution in [1.82, 2.24) is 19.5 Å². The number of furan rings is 1. The van der Waals surface area contributed by atoms with Crippen molar-refractivity contribution in [3.05, 3.63) is 82.4 Å². The highest BCUT2D eigenvalue weighted by Gasteiger charge is 2.17. The molecule has 156 valence electrons. The summed E-state index contributed by atoms with van der Waals surface area (Å²) in [6.45, 7) is 3.63. The van der Waals surface area contributed by atoms with Gasteiger partial charge in [0.15, 0.2) is 5.76 Å². The van der Waals surface area contributed by atoms with Crippen LogP contribution in [0.1, 0.15) is 22.2 Å². The van der Waals surface area contributed by atoms with Gasteiger partial charge in [-0.05, 0) is 44.2 Å². The molecule has 0 bridgehead atoms. The first kappa shape index (κ1) is 19.8. The van der Waals surface area contributed by atoms with Crippen LogP contribution >= 0.6 is 0 Å². The Morgan fingerprint density at radius 2 is 1.94 bits per heavy atom. The molecule has 0 unspecified atom stereocenters. The van der Waals surface area contributed by atoms with E-state index in [1.54, 1.807) is 49.6 Å². The molecule has 0 aliphatic heterocycles. The van der Waals surface area contributed by atoms with E-state index in [1.165, 1.54) is 6.07 Å². The van der Waals surface area contributed by atoms with E-state index >= 15 is 0 Å². The van der Waals surface area contributed by atoms with Crippen LogP contribution in [-0.4, -0.2) is 30.3 Å². The van der Waals surface area contributed by atoms with E-state index in [0.717, 1.165) is 11.9 Å². The minimum Gasteiger partial charge on any atom is -0.439 e. The first-order valence-electron chi connectivity index (χ1n) is 9.08. The Bertz CT molecular complexity index is 1260. The Kier molecular flexibility index (Phi) is 5.14. The highest BCUT2D eigenvalue weighted by molar-refractivity contribution is 6.02. The van der Waals surface area contributed by atoms with Gasteiger partial charge < -0.3 is 14.5 Å². The maximum atomic E-state index is 12.2. The van der Waals surface area contributed by atoms with E-state index in [-0.39, 0.29) is 5.76 Å². The maximum absolute atomic E-state index is 12.2. The zero-order chi connectivity index (χ0) is 22.0. The molecule has 0 spiro atoms. The van der Waals surface area contributed by atoms with E-state index in [1.807, 2.05) is 11.5 Å². The van der Waals surface area contributed by atoms with Crippen LogP contribution in [0.4, 0.5) is 11.6 Å². The Morgan fingerprint density at radius 1 is 1.16 bits per heavy atom. The molecule has 31 heavy (non-hydrogen) atoms. The number of carbonyl (C=O) groups excluding carboxylic acids is 1. The first-order chi connectivity index (χ1) is 14.9. The zero-order valence-electron chi connectivity index (χ0n) is 16.5. The quantitative estimate of drug-likeness (QED) is 0.367. The lowest BCUT2D eigenvalue weighted by atomic mass is 10.3. The molecule has 1 N–H and O–H groups in total. The summed E-state index contributed by atoms with van der Waals surface area (Å²) >= 11 is 0. The third-order valence-corrected chi connectivity index (χ3v) is 4.20. The molecule has 0 aliphatic rings. The number of nitrogens with one attached hydrogen (secondary N) is 1. The molecular formula is C20H16N6O5. The molecule has 4 aromatic rings. The molecule has 1 amide bonds. The lowest BCUT2D eigenvalue weighted by Crippen LogP contribution is -2.10. The molecule has 0 atom stereocenters. The summed E-state index contributed by atoms with van der Waals surface area (Å²) in [5.41, 5.74) is 0.463. The molecule has 3 heterocycles. The van der Waals surface area contributed by atoms with Gasteiger partial charge in [-0.15, -0.1) is 0 Å². The average Bonchev–Trinajstić information content (AvgIpc) is 3.38. The molecular weight excluding hydrogens is 404 g/mol. The highest BCUT2D eigenvalue weighted by Crippen LogP contribution is 2.24. The van der Waals surface area contributed by atoms with Gasteiger partial charge in [0.05, 0.1) is 6.07 Å². The fraction of sp³-hybridized carbons (Fsp3) is 0.100. The second kappa shape index (κ2) is 8.06. The van der Waals surface area contributed by atoms with Gasteiger partial charge in [-0.25, -0.2) is 9.97 Å². The van der Waals surface area contributed by atoms with E-state index in [4.69, 9.17) is 9.15 Å². The minimum atomic E-state index is -0.711. The number of nitrogens with zero attached hydrogens (tertiary/aromatic N) is 5. The summed E-state index contributed by atoms with van der Waals surface area (Å²) in [5, 5.41) is 13.3. The standard InChI is InChI=1S/C20H16N6O5/c1-12-22-17(25-10-9-21-13(25)2)11-18(23-12)30-15-5-3-14(4-6-15)24-20(27)16-7-8-19(31-16)26(28)29/h3-11H,1-2H3,(H,24,27). The number of hydrogen-bond acceptors (Lipinski definition) is 8. The van der Waals surface area contributed by atoms with E-state index in [9.17, 15) is 14.9 Å². The fourth-order valence-electron chi connectivity index (χ4n) is 2.79. The Morgan fingerprint density at radius 3 is 2.58 bits per heavy atom. The lowest BCUT2D eigenvalue weighted by molar-refractivity contribution is -0.402. The van der Waals surface area contributed by atoms with Gasteiger partial charge in [0.25, 0.3) is 5.91 Å². The second-order valence-electron chi connectivity index (χ2n) is 6.43. The maximum Gasteiger partial charge on any atom is 0.433 e. The van der Waals surface area contributed by atoms with Crippen molar-refractivity contribution in [1.29, 1.82) is 0 Å². The number of anilines is 1. The van der Waals surface area contributed by atoms with Crippen molar-refractivity contribution in [2.75, 3.05) is 5.32 Å². The molecule has 0 radical (unpaired) electrons. The first-order valence-corrected chi connectivity index (χ1v) is 9.08. The van der Waals surface area contributed by atoms with E-state index in [0.29, 0.717) is 29.0 Å². The van der Waals surface area contributed by atoms with Gasteiger partial charge in [0.2, 0.25) is 5.88 Å². The van der Waals surface area contributed by atoms with Crippen LogP contribution in [-0.2, 0) is 0 Å². The number of hydrogen-bond donors (Lipinski definition) is 1. The number of aromatic nitrogens is 4. The van der Waals surface area contributed by atoms with Gasteiger partial charge >= 0.3 is 5.88 Å². The summed E-state index contributed by atoms with van der Waals surface area (Å²) in [6.07, 6.45) is 3.48. The number of aryl methyl sites for hydroxylation is 2. The molecule has 11 nitrogen and oxygen atoms in total. The molecule has 0 fully saturated rings. The lowest BCUT2D eigenvalue weighted by Gasteiger charge is -2.10. The van der Waals surface area contributed by atoms with Crippen molar-refractivity contribution in [3.8, 4) is 17.4 Å². The van der Waals surface area contributed by atoms with Crippen molar-refractivity contribution in [2.45, 2.75) is 13.8 Å². The number of imidazole rings is 1. The van der Waals surface area contributed by atoms with Crippen LogP contribution < -0.4 is 10.1 Å². The summed E-state index contributed by atoms with van der Waals surface area (Å²) in [6, 6.07) is 10.6. The predicted molar refractivity (Wildman–Crippen MR) is 108 cm³/mol. The van der Waals surface area contributed by atoms with Gasteiger partial charge in [-0.1, -0.05) is 0 Å². The Balaban J connectivity index is 1.46. The van der Waals surface area contributed by atoms with E-state index in [2.05, 4.69) is 20.3 Å². The number of rotatable bonds is 6. The van der Waals surface area contributed by atoms with E-state index < -0.39 is 16.7 Å². The predicted octanol–water partition coefficient (Wildman–Crippen LogP) is 3.82.